The lowest BCUT2D eigenvalue weighted by atomic mass is 9.54. The van der Waals surface area contributed by atoms with Gasteiger partial charge in [-0.05, 0) is 52.6 Å². The minimum absolute atomic E-state index is 0.0785. The number of benzene rings is 4. The fourth-order valence-corrected chi connectivity index (χ4v) is 8.12. The first-order valence-corrected chi connectivity index (χ1v) is 14.3. The molecular weight excluding hydrogens is 604 g/mol. The standard InChI is InChI=1S/C32H19Cl4NO4/c33-19-13-12-18(25(34)15-19)16-41-30(40)17-6-5-7-20(14-17)37-28(38)26-27(29(37)39)32(36)22-9-2-1-8-21(22)31(26,35)23-10-3-4-11-24(23)32/h1-15,26-27H,16H2/t26-,27+,31?,32?. The third-order valence-corrected chi connectivity index (χ3v) is 10.2. The number of ether oxygens (including phenoxy) is 1. The summed E-state index contributed by atoms with van der Waals surface area (Å²) in [6.07, 6.45) is 0. The molecule has 4 aliphatic rings. The Morgan fingerprint density at radius 1 is 0.732 bits per heavy atom. The summed E-state index contributed by atoms with van der Waals surface area (Å²) in [6, 6.07) is 26.0. The normalized spacial score (nSPS) is 25.5. The van der Waals surface area contributed by atoms with Crippen molar-refractivity contribution in [1.29, 1.82) is 0 Å². The Hall–Kier alpha value is -3.35. The number of anilines is 1. The quantitative estimate of drug-likeness (QED) is 0.135. The van der Waals surface area contributed by atoms with E-state index in [9.17, 15) is 14.4 Å². The molecule has 0 unspecified atom stereocenters. The molecule has 4 aromatic rings. The molecule has 3 aliphatic carbocycles. The lowest BCUT2D eigenvalue weighted by molar-refractivity contribution is -0.122. The van der Waals surface area contributed by atoms with E-state index < -0.39 is 39.4 Å². The summed E-state index contributed by atoms with van der Waals surface area (Å²) in [7, 11) is 0. The van der Waals surface area contributed by atoms with Crippen LogP contribution in [0.1, 0.15) is 38.2 Å². The number of esters is 1. The number of carbonyl (C=O) groups is 3. The van der Waals surface area contributed by atoms with Gasteiger partial charge in [0.15, 0.2) is 0 Å². The molecule has 4 aromatic carbocycles. The van der Waals surface area contributed by atoms with Crippen LogP contribution < -0.4 is 4.90 Å². The van der Waals surface area contributed by atoms with Gasteiger partial charge in [0.05, 0.1) is 23.1 Å². The Balaban J connectivity index is 1.26. The molecule has 2 atom stereocenters. The molecule has 1 heterocycles. The van der Waals surface area contributed by atoms with Crippen LogP contribution in [-0.2, 0) is 30.7 Å². The van der Waals surface area contributed by atoms with E-state index in [0.29, 0.717) is 15.6 Å². The molecule has 0 spiro atoms. The summed E-state index contributed by atoms with van der Waals surface area (Å²) in [4.78, 5) is 39.9. The van der Waals surface area contributed by atoms with Gasteiger partial charge in [-0.3, -0.25) is 9.59 Å². The van der Waals surface area contributed by atoms with E-state index in [1.807, 2.05) is 48.5 Å². The summed E-state index contributed by atoms with van der Waals surface area (Å²) in [6.45, 7) is -0.0785. The van der Waals surface area contributed by atoms with E-state index in [1.165, 1.54) is 6.07 Å². The van der Waals surface area contributed by atoms with Crippen molar-refractivity contribution in [2.75, 3.05) is 4.90 Å². The van der Waals surface area contributed by atoms with Crippen LogP contribution in [-0.4, -0.2) is 17.8 Å². The number of rotatable bonds is 4. The molecule has 8 rings (SSSR count). The monoisotopic (exact) mass is 621 g/mol. The van der Waals surface area contributed by atoms with Crippen LogP contribution in [0, 0.1) is 11.8 Å². The van der Waals surface area contributed by atoms with Gasteiger partial charge in [-0.2, -0.15) is 0 Å². The maximum absolute atomic E-state index is 14.2. The summed E-state index contributed by atoms with van der Waals surface area (Å²) in [5.74, 6) is -3.47. The minimum Gasteiger partial charge on any atom is -0.457 e. The second kappa shape index (κ2) is 9.33. The Labute approximate surface area is 255 Å². The smallest absolute Gasteiger partial charge is 0.338 e. The van der Waals surface area contributed by atoms with Crippen LogP contribution in [0.3, 0.4) is 0 Å². The van der Waals surface area contributed by atoms with Crippen LogP contribution in [0.5, 0.6) is 0 Å². The fraction of sp³-hybridized carbons (Fsp3) is 0.156. The molecule has 1 fully saturated rings. The van der Waals surface area contributed by atoms with Crippen LogP contribution >= 0.6 is 46.4 Å². The van der Waals surface area contributed by atoms with Gasteiger partial charge in [0.25, 0.3) is 0 Å². The van der Waals surface area contributed by atoms with Gasteiger partial charge < -0.3 is 4.74 Å². The van der Waals surface area contributed by atoms with E-state index >= 15 is 0 Å². The third-order valence-electron chi connectivity index (χ3n) is 8.30. The zero-order valence-corrected chi connectivity index (χ0v) is 24.1. The van der Waals surface area contributed by atoms with E-state index in [1.54, 1.807) is 36.4 Å². The Kier molecular flexibility index (Phi) is 6.04. The molecule has 9 heteroatoms. The van der Waals surface area contributed by atoms with Gasteiger partial charge in [-0.15, -0.1) is 23.2 Å². The number of imide groups is 1. The molecule has 0 N–H and O–H groups in total. The molecule has 2 amide bonds. The highest BCUT2D eigenvalue weighted by Crippen LogP contribution is 2.69. The average molecular weight is 623 g/mol. The van der Waals surface area contributed by atoms with Crippen LogP contribution in [0.25, 0.3) is 0 Å². The van der Waals surface area contributed by atoms with Gasteiger partial charge in [-0.25, -0.2) is 9.69 Å². The van der Waals surface area contributed by atoms with Gasteiger partial charge in [0.1, 0.15) is 16.4 Å². The van der Waals surface area contributed by atoms with Crippen molar-refractivity contribution in [3.63, 3.8) is 0 Å². The van der Waals surface area contributed by atoms with Crippen LogP contribution in [0.2, 0.25) is 10.0 Å². The van der Waals surface area contributed by atoms with E-state index in [4.69, 9.17) is 51.1 Å². The third kappa shape index (κ3) is 3.59. The number of hydrogen-bond donors (Lipinski definition) is 0. The summed E-state index contributed by atoms with van der Waals surface area (Å²) >= 11 is 27.1. The maximum Gasteiger partial charge on any atom is 0.338 e. The summed E-state index contributed by atoms with van der Waals surface area (Å²) < 4.78 is 5.46. The number of amides is 2. The fourth-order valence-electron chi connectivity index (χ4n) is 6.56. The highest BCUT2D eigenvalue weighted by atomic mass is 35.5. The number of carbonyl (C=O) groups excluding carboxylic acids is 3. The molecular formula is C32H19Cl4NO4. The van der Waals surface area contributed by atoms with Gasteiger partial charge in [0.2, 0.25) is 11.8 Å². The Morgan fingerprint density at radius 3 is 1.78 bits per heavy atom. The van der Waals surface area contributed by atoms with E-state index in [2.05, 4.69) is 0 Å². The first-order chi connectivity index (χ1) is 19.7. The highest BCUT2D eigenvalue weighted by molar-refractivity contribution is 6.39. The molecule has 0 aromatic heterocycles. The molecule has 1 saturated heterocycles. The second-order valence-corrected chi connectivity index (χ2v) is 12.4. The van der Waals surface area contributed by atoms with Crippen molar-refractivity contribution in [1.82, 2.24) is 0 Å². The highest BCUT2D eigenvalue weighted by Gasteiger charge is 2.73. The number of nitrogens with zero attached hydrogens (tertiary/aromatic N) is 1. The topological polar surface area (TPSA) is 63.7 Å². The maximum atomic E-state index is 14.2. The van der Waals surface area contributed by atoms with Crippen molar-refractivity contribution >= 4 is 69.9 Å². The van der Waals surface area contributed by atoms with Gasteiger partial charge in [0, 0.05) is 15.6 Å². The SMILES string of the molecule is O=C(OCc1ccc(Cl)cc1Cl)c1cccc(N2C(=O)[C@@H]3[C@H](C2=O)C2(Cl)c4ccccc4C3(Cl)c3ccccc32)c1. The van der Waals surface area contributed by atoms with Crippen LogP contribution in [0.15, 0.2) is 91.0 Å². The molecule has 1 aliphatic heterocycles. The predicted molar refractivity (Wildman–Crippen MR) is 158 cm³/mol. The lowest BCUT2D eigenvalue weighted by Crippen LogP contribution is -2.57. The molecule has 2 bridgehead atoms. The number of halogens is 4. The molecule has 5 nitrogen and oxygen atoms in total. The first-order valence-electron chi connectivity index (χ1n) is 12.8. The lowest BCUT2D eigenvalue weighted by Gasteiger charge is -2.54. The Morgan fingerprint density at radius 2 is 1.27 bits per heavy atom. The van der Waals surface area contributed by atoms with Crippen molar-refractivity contribution in [2.24, 2.45) is 11.8 Å². The average Bonchev–Trinajstić information content (AvgIpc) is 3.26. The number of hydrogen-bond acceptors (Lipinski definition) is 4. The van der Waals surface area contributed by atoms with E-state index in [0.717, 1.165) is 27.2 Å². The van der Waals surface area contributed by atoms with Crippen molar-refractivity contribution in [3.8, 4) is 0 Å². The van der Waals surface area contributed by atoms with Crippen molar-refractivity contribution in [2.45, 2.75) is 16.4 Å². The zero-order chi connectivity index (χ0) is 28.7. The first kappa shape index (κ1) is 26.5. The number of alkyl halides is 2. The second-order valence-electron chi connectivity index (χ2n) is 10.3. The van der Waals surface area contributed by atoms with Gasteiger partial charge in [-0.1, -0.05) is 83.9 Å². The Bertz CT molecular complexity index is 1680. The molecule has 0 radical (unpaired) electrons. The summed E-state index contributed by atoms with van der Waals surface area (Å²) in [5, 5.41) is 0.840. The molecule has 41 heavy (non-hydrogen) atoms. The molecule has 0 saturated carbocycles. The largest absolute Gasteiger partial charge is 0.457 e. The predicted octanol–water partition coefficient (Wildman–Crippen LogP) is 7.45. The van der Waals surface area contributed by atoms with Gasteiger partial charge >= 0.3 is 5.97 Å². The van der Waals surface area contributed by atoms with Crippen molar-refractivity contribution < 1.29 is 19.1 Å². The van der Waals surface area contributed by atoms with Crippen LogP contribution in [0.4, 0.5) is 5.69 Å². The minimum atomic E-state index is -1.29. The van der Waals surface area contributed by atoms with E-state index in [-0.39, 0.29) is 17.9 Å². The zero-order valence-electron chi connectivity index (χ0n) is 21.1. The van der Waals surface area contributed by atoms with Crippen molar-refractivity contribution in [3.05, 3.63) is 134 Å². The summed E-state index contributed by atoms with van der Waals surface area (Å²) in [5.41, 5.74) is 3.87. The molecule has 204 valence electrons.